The number of ether oxygens (including phenoxy) is 1. The molecule has 6 heteroatoms. The van der Waals surface area contributed by atoms with Crippen LogP contribution in [0.15, 0.2) is 30.3 Å². The summed E-state index contributed by atoms with van der Waals surface area (Å²) in [5.41, 5.74) is 2.28. The van der Waals surface area contributed by atoms with Gasteiger partial charge < -0.3 is 15.4 Å². The van der Waals surface area contributed by atoms with Crippen LogP contribution in [-0.2, 0) is 4.74 Å². The van der Waals surface area contributed by atoms with Crippen LogP contribution in [0.5, 0.6) is 0 Å². The first-order chi connectivity index (χ1) is 12.1. The second kappa shape index (κ2) is 7.96. The normalized spacial score (nSPS) is 14.8. The zero-order valence-electron chi connectivity index (χ0n) is 14.7. The van der Waals surface area contributed by atoms with Crippen molar-refractivity contribution in [3.8, 4) is 0 Å². The van der Waals surface area contributed by atoms with Gasteiger partial charge in [0.15, 0.2) is 0 Å². The fraction of sp³-hybridized carbons (Fsp3) is 0.421. The Labute approximate surface area is 148 Å². The van der Waals surface area contributed by atoms with Crippen molar-refractivity contribution >= 4 is 23.4 Å². The van der Waals surface area contributed by atoms with Gasteiger partial charge in [-0.1, -0.05) is 19.3 Å². The number of rotatable bonds is 5. The molecule has 2 aromatic rings. The van der Waals surface area contributed by atoms with Crippen LogP contribution in [0.2, 0.25) is 0 Å². The summed E-state index contributed by atoms with van der Waals surface area (Å²) in [6.45, 7) is 1.96. The summed E-state index contributed by atoms with van der Waals surface area (Å²) < 4.78 is 4.71. The van der Waals surface area contributed by atoms with E-state index in [9.17, 15) is 4.79 Å². The fourth-order valence-corrected chi connectivity index (χ4v) is 3.08. The molecule has 1 aliphatic rings. The monoisotopic (exact) mass is 340 g/mol. The average Bonchev–Trinajstić information content (AvgIpc) is 2.62. The number of anilines is 3. The molecule has 0 unspecified atom stereocenters. The minimum atomic E-state index is -0.344. The lowest BCUT2D eigenvalue weighted by atomic mass is 9.96. The van der Waals surface area contributed by atoms with Crippen molar-refractivity contribution in [3.63, 3.8) is 0 Å². The first kappa shape index (κ1) is 17.2. The summed E-state index contributed by atoms with van der Waals surface area (Å²) >= 11 is 0. The van der Waals surface area contributed by atoms with Crippen molar-refractivity contribution < 1.29 is 9.53 Å². The molecule has 2 N–H and O–H groups in total. The third-order valence-electron chi connectivity index (χ3n) is 4.37. The molecule has 0 amide bonds. The molecule has 1 aliphatic carbocycles. The number of carbonyl (C=O) groups is 1. The Morgan fingerprint density at radius 2 is 1.84 bits per heavy atom. The van der Waals surface area contributed by atoms with Crippen LogP contribution in [0.25, 0.3) is 0 Å². The molecular formula is C19H24N4O2. The quantitative estimate of drug-likeness (QED) is 0.800. The standard InChI is InChI=1S/C19H24N4O2/c1-13-12-17(21-16-10-8-14(9-11-16)18(24)25-2)23-19(20-13)22-15-6-4-3-5-7-15/h8-12,15H,3-7H2,1-2H3,(H2,20,21,22,23). The molecule has 1 fully saturated rings. The van der Waals surface area contributed by atoms with Gasteiger partial charge in [0.1, 0.15) is 5.82 Å². The second-order valence-corrected chi connectivity index (χ2v) is 6.39. The summed E-state index contributed by atoms with van der Waals surface area (Å²) in [5, 5.41) is 6.72. The third kappa shape index (κ3) is 4.68. The summed E-state index contributed by atoms with van der Waals surface area (Å²) in [6, 6.07) is 9.48. The molecule has 3 rings (SSSR count). The minimum absolute atomic E-state index is 0.344. The summed E-state index contributed by atoms with van der Waals surface area (Å²) in [6.07, 6.45) is 6.20. The number of carbonyl (C=O) groups excluding carboxylic acids is 1. The summed E-state index contributed by atoms with van der Waals surface area (Å²) in [4.78, 5) is 20.6. The van der Waals surface area contributed by atoms with Gasteiger partial charge in [0.05, 0.1) is 12.7 Å². The van der Waals surface area contributed by atoms with Gasteiger partial charge in [-0.3, -0.25) is 0 Å². The van der Waals surface area contributed by atoms with Gasteiger partial charge in [0.25, 0.3) is 0 Å². The molecule has 1 saturated carbocycles. The highest BCUT2D eigenvalue weighted by molar-refractivity contribution is 5.89. The van der Waals surface area contributed by atoms with Crippen molar-refractivity contribution in [3.05, 3.63) is 41.6 Å². The van der Waals surface area contributed by atoms with E-state index in [2.05, 4.69) is 20.6 Å². The molecule has 1 heterocycles. The highest BCUT2D eigenvalue weighted by Crippen LogP contribution is 2.22. The number of esters is 1. The molecule has 0 atom stereocenters. The van der Waals surface area contributed by atoms with Crippen LogP contribution >= 0.6 is 0 Å². The first-order valence-corrected chi connectivity index (χ1v) is 8.71. The van der Waals surface area contributed by atoms with Crippen LogP contribution in [0, 0.1) is 6.92 Å². The van der Waals surface area contributed by atoms with E-state index in [1.165, 1.54) is 39.2 Å². The van der Waals surface area contributed by atoms with E-state index in [1.807, 2.05) is 25.1 Å². The van der Waals surface area contributed by atoms with Crippen molar-refractivity contribution in [1.29, 1.82) is 0 Å². The van der Waals surface area contributed by atoms with Gasteiger partial charge in [-0.05, 0) is 44.0 Å². The molecule has 1 aromatic heterocycles. The summed E-state index contributed by atoms with van der Waals surface area (Å²) in [5.74, 6) is 1.06. The number of nitrogens with one attached hydrogen (secondary N) is 2. The SMILES string of the molecule is COC(=O)c1ccc(Nc2cc(C)nc(NC3CCCCC3)n2)cc1. The highest BCUT2D eigenvalue weighted by atomic mass is 16.5. The van der Waals surface area contributed by atoms with Gasteiger partial charge in [0.2, 0.25) is 5.95 Å². The van der Waals surface area contributed by atoms with Gasteiger partial charge >= 0.3 is 5.97 Å². The van der Waals surface area contributed by atoms with E-state index in [1.54, 1.807) is 12.1 Å². The Kier molecular flexibility index (Phi) is 5.48. The van der Waals surface area contributed by atoms with E-state index < -0.39 is 0 Å². The van der Waals surface area contributed by atoms with Crippen LogP contribution in [0.1, 0.15) is 48.2 Å². The number of methoxy groups -OCH3 is 1. The average molecular weight is 340 g/mol. The Morgan fingerprint density at radius 1 is 1.12 bits per heavy atom. The van der Waals surface area contributed by atoms with Crippen molar-refractivity contribution in [2.75, 3.05) is 17.7 Å². The van der Waals surface area contributed by atoms with Crippen molar-refractivity contribution in [2.24, 2.45) is 0 Å². The Bertz CT molecular complexity index is 725. The predicted octanol–water partition coefficient (Wildman–Crippen LogP) is 4.06. The minimum Gasteiger partial charge on any atom is -0.465 e. The maximum Gasteiger partial charge on any atom is 0.337 e. The number of benzene rings is 1. The number of nitrogens with zero attached hydrogens (tertiary/aromatic N) is 2. The lowest BCUT2D eigenvalue weighted by molar-refractivity contribution is 0.0601. The maximum absolute atomic E-state index is 11.5. The Morgan fingerprint density at radius 3 is 2.52 bits per heavy atom. The number of hydrogen-bond donors (Lipinski definition) is 2. The third-order valence-corrected chi connectivity index (χ3v) is 4.37. The molecule has 1 aromatic carbocycles. The van der Waals surface area contributed by atoms with Gasteiger partial charge in [-0.25, -0.2) is 9.78 Å². The molecule has 0 aliphatic heterocycles. The zero-order chi connectivity index (χ0) is 17.6. The van der Waals surface area contributed by atoms with E-state index >= 15 is 0 Å². The van der Waals surface area contributed by atoms with E-state index in [-0.39, 0.29) is 5.97 Å². The predicted molar refractivity (Wildman–Crippen MR) is 98.3 cm³/mol. The van der Waals surface area contributed by atoms with Gasteiger partial charge in [0, 0.05) is 23.5 Å². The Hall–Kier alpha value is -2.63. The van der Waals surface area contributed by atoms with Crippen molar-refractivity contribution in [2.45, 2.75) is 45.1 Å². The lowest BCUT2D eigenvalue weighted by Gasteiger charge is -2.23. The summed E-state index contributed by atoms with van der Waals surface area (Å²) in [7, 11) is 1.37. The van der Waals surface area contributed by atoms with Crippen LogP contribution in [0.3, 0.4) is 0 Å². The van der Waals surface area contributed by atoms with Gasteiger partial charge in [-0.15, -0.1) is 0 Å². The number of aromatic nitrogens is 2. The largest absolute Gasteiger partial charge is 0.465 e. The molecule has 6 nitrogen and oxygen atoms in total. The highest BCUT2D eigenvalue weighted by Gasteiger charge is 2.14. The second-order valence-electron chi connectivity index (χ2n) is 6.39. The molecular weight excluding hydrogens is 316 g/mol. The molecule has 0 spiro atoms. The molecule has 0 saturated heterocycles. The smallest absolute Gasteiger partial charge is 0.337 e. The van der Waals surface area contributed by atoms with Gasteiger partial charge in [-0.2, -0.15) is 4.98 Å². The first-order valence-electron chi connectivity index (χ1n) is 8.71. The zero-order valence-corrected chi connectivity index (χ0v) is 14.7. The van der Waals surface area contributed by atoms with E-state index in [0.717, 1.165) is 17.2 Å². The lowest BCUT2D eigenvalue weighted by Crippen LogP contribution is -2.23. The molecule has 25 heavy (non-hydrogen) atoms. The van der Waals surface area contributed by atoms with E-state index in [0.29, 0.717) is 17.6 Å². The topological polar surface area (TPSA) is 76.1 Å². The molecule has 132 valence electrons. The number of hydrogen-bond acceptors (Lipinski definition) is 6. The van der Waals surface area contributed by atoms with E-state index in [4.69, 9.17) is 4.74 Å². The molecule has 0 radical (unpaired) electrons. The maximum atomic E-state index is 11.5. The fourth-order valence-electron chi connectivity index (χ4n) is 3.08. The number of aryl methyl sites for hydroxylation is 1. The Balaban J connectivity index is 1.70. The van der Waals surface area contributed by atoms with Crippen LogP contribution < -0.4 is 10.6 Å². The van der Waals surface area contributed by atoms with Crippen LogP contribution in [-0.4, -0.2) is 29.1 Å². The van der Waals surface area contributed by atoms with Crippen LogP contribution in [0.4, 0.5) is 17.5 Å². The van der Waals surface area contributed by atoms with Crippen molar-refractivity contribution in [1.82, 2.24) is 9.97 Å². The molecule has 0 bridgehead atoms.